The van der Waals surface area contributed by atoms with E-state index in [1.807, 2.05) is 13.8 Å². The molecule has 2 aromatic carbocycles. The van der Waals surface area contributed by atoms with E-state index in [1.54, 1.807) is 26.8 Å². The second-order valence-corrected chi connectivity index (χ2v) is 11.6. The molecule has 0 aromatic heterocycles. The molecule has 1 aliphatic heterocycles. The summed E-state index contributed by atoms with van der Waals surface area (Å²) in [7, 11) is 0. The minimum absolute atomic E-state index is 0.0383. The number of carbonyl (C=O) groups excluding carboxylic acids is 4. The van der Waals surface area contributed by atoms with Gasteiger partial charge < -0.3 is 31.1 Å². The number of esters is 1. The van der Waals surface area contributed by atoms with Crippen LogP contribution >= 0.6 is 0 Å². The summed E-state index contributed by atoms with van der Waals surface area (Å²) >= 11 is 0. The predicted octanol–water partition coefficient (Wildman–Crippen LogP) is 3.63. The van der Waals surface area contributed by atoms with Gasteiger partial charge in [0.15, 0.2) is 0 Å². The van der Waals surface area contributed by atoms with Gasteiger partial charge in [0.05, 0.1) is 29.6 Å². The maximum atomic E-state index is 15.3. The summed E-state index contributed by atoms with van der Waals surface area (Å²) in [6.45, 7) is 9.12. The third-order valence-electron chi connectivity index (χ3n) is 6.68. The number of carboxylic acids is 1. The lowest BCUT2D eigenvalue weighted by Gasteiger charge is -2.33. The summed E-state index contributed by atoms with van der Waals surface area (Å²) in [5.74, 6) is -4.87. The molecule has 4 amide bonds. The number of aromatic carboxylic acids is 1. The fraction of sp³-hybridized carbons (Fsp3) is 0.433. The van der Waals surface area contributed by atoms with Crippen LogP contribution in [-0.4, -0.2) is 58.0 Å². The van der Waals surface area contributed by atoms with E-state index in [0.29, 0.717) is 6.54 Å². The van der Waals surface area contributed by atoms with Crippen LogP contribution in [0.2, 0.25) is 0 Å². The molecule has 0 spiro atoms. The van der Waals surface area contributed by atoms with Gasteiger partial charge >= 0.3 is 18.0 Å². The highest BCUT2D eigenvalue weighted by atomic mass is 19.1. The standard InChI is InChI=1S/C30H37FN4O7/c1-16(2)15-33-26(37)20-14-22(28(40)42-30(3,4)5)35(25(20)18-10-6-7-12-21(18)31)23(36)13-17-9-8-11-19(27(38)39)24(17)34-29(32)41/h6-12,16,20,22,25H,13-15H2,1-5H3,(H,33,37)(H,38,39)(H3,32,34,41). The molecular weight excluding hydrogens is 547 g/mol. The minimum atomic E-state index is -1.37. The number of benzene rings is 2. The number of nitrogens with one attached hydrogen (secondary N) is 2. The molecule has 0 bridgehead atoms. The highest BCUT2D eigenvalue weighted by Gasteiger charge is 2.52. The number of para-hydroxylation sites is 1. The summed E-state index contributed by atoms with van der Waals surface area (Å²) in [6.07, 6.45) is -0.632. The van der Waals surface area contributed by atoms with Crippen LogP contribution in [0.15, 0.2) is 42.5 Å². The zero-order chi connectivity index (χ0) is 31.4. The first-order valence-corrected chi connectivity index (χ1v) is 13.6. The molecule has 226 valence electrons. The number of anilines is 1. The molecular formula is C30H37FN4O7. The lowest BCUT2D eigenvalue weighted by Crippen LogP contribution is -2.46. The lowest BCUT2D eigenvalue weighted by atomic mass is 9.91. The topological polar surface area (TPSA) is 168 Å². The third-order valence-corrected chi connectivity index (χ3v) is 6.68. The van der Waals surface area contributed by atoms with Gasteiger partial charge in [0, 0.05) is 12.1 Å². The maximum Gasteiger partial charge on any atom is 0.337 e. The average molecular weight is 585 g/mol. The maximum absolute atomic E-state index is 15.3. The van der Waals surface area contributed by atoms with Gasteiger partial charge in [-0.2, -0.15) is 0 Å². The largest absolute Gasteiger partial charge is 0.478 e. The Morgan fingerprint density at radius 2 is 1.76 bits per heavy atom. The summed E-state index contributed by atoms with van der Waals surface area (Å²) < 4.78 is 20.9. The van der Waals surface area contributed by atoms with E-state index in [2.05, 4.69) is 10.6 Å². The van der Waals surface area contributed by atoms with E-state index in [1.165, 1.54) is 36.4 Å². The number of amides is 4. The first-order chi connectivity index (χ1) is 19.6. The Kier molecular flexibility index (Phi) is 9.92. The highest BCUT2D eigenvalue weighted by molar-refractivity contribution is 6.01. The van der Waals surface area contributed by atoms with Crippen molar-refractivity contribution in [2.24, 2.45) is 17.6 Å². The Morgan fingerprint density at radius 1 is 1.10 bits per heavy atom. The van der Waals surface area contributed by atoms with E-state index >= 15 is 4.39 Å². The molecule has 2 aromatic rings. The van der Waals surface area contributed by atoms with Crippen LogP contribution in [0, 0.1) is 17.7 Å². The number of halogens is 1. The molecule has 3 atom stereocenters. The van der Waals surface area contributed by atoms with Gasteiger partial charge in [-0.3, -0.25) is 9.59 Å². The number of urea groups is 1. The Morgan fingerprint density at radius 3 is 2.33 bits per heavy atom. The van der Waals surface area contributed by atoms with E-state index in [-0.39, 0.29) is 34.7 Å². The van der Waals surface area contributed by atoms with Crippen molar-refractivity contribution < 1.29 is 38.2 Å². The van der Waals surface area contributed by atoms with Gasteiger partial charge in [0.2, 0.25) is 11.8 Å². The summed E-state index contributed by atoms with van der Waals surface area (Å²) in [5.41, 5.74) is 3.99. The highest BCUT2D eigenvalue weighted by Crippen LogP contribution is 2.43. The molecule has 12 heteroatoms. The van der Waals surface area contributed by atoms with Crippen molar-refractivity contribution in [3.05, 3.63) is 65.0 Å². The number of ether oxygens (including phenoxy) is 1. The van der Waals surface area contributed by atoms with Gasteiger partial charge in [0.25, 0.3) is 0 Å². The second kappa shape index (κ2) is 13.0. The fourth-order valence-electron chi connectivity index (χ4n) is 5.00. The van der Waals surface area contributed by atoms with Gasteiger partial charge in [-0.05, 0) is 50.8 Å². The fourth-order valence-corrected chi connectivity index (χ4v) is 5.00. The van der Waals surface area contributed by atoms with Crippen molar-refractivity contribution in [2.75, 3.05) is 11.9 Å². The number of rotatable bonds is 9. The van der Waals surface area contributed by atoms with Crippen molar-refractivity contribution >= 4 is 35.5 Å². The molecule has 3 unspecified atom stereocenters. The molecule has 11 nitrogen and oxygen atoms in total. The van der Waals surface area contributed by atoms with Crippen molar-refractivity contribution in [1.29, 1.82) is 0 Å². The van der Waals surface area contributed by atoms with E-state index < -0.39 is 65.6 Å². The number of carbonyl (C=O) groups is 5. The normalized spacial score (nSPS) is 18.5. The molecule has 42 heavy (non-hydrogen) atoms. The molecule has 1 saturated heterocycles. The Labute approximate surface area is 243 Å². The summed E-state index contributed by atoms with van der Waals surface area (Å²) in [6, 6.07) is 6.26. The number of hydrogen-bond acceptors (Lipinski definition) is 6. The summed E-state index contributed by atoms with van der Waals surface area (Å²) in [5, 5.41) is 14.7. The van der Waals surface area contributed by atoms with Crippen LogP contribution in [-0.2, 0) is 25.5 Å². The van der Waals surface area contributed by atoms with E-state index in [0.717, 1.165) is 4.90 Å². The van der Waals surface area contributed by atoms with E-state index in [9.17, 15) is 29.1 Å². The van der Waals surface area contributed by atoms with Crippen molar-refractivity contribution in [3.8, 4) is 0 Å². The quantitative estimate of drug-likeness (QED) is 0.326. The van der Waals surface area contributed by atoms with Crippen LogP contribution in [0.5, 0.6) is 0 Å². The first kappa shape index (κ1) is 32.0. The summed E-state index contributed by atoms with van der Waals surface area (Å²) in [4.78, 5) is 65.7. The molecule has 0 saturated carbocycles. The predicted molar refractivity (Wildman–Crippen MR) is 152 cm³/mol. The Balaban J connectivity index is 2.15. The van der Waals surface area contributed by atoms with Crippen LogP contribution in [0.3, 0.4) is 0 Å². The second-order valence-electron chi connectivity index (χ2n) is 11.6. The van der Waals surface area contributed by atoms with Gasteiger partial charge in [-0.1, -0.05) is 44.2 Å². The molecule has 1 fully saturated rings. The number of likely N-dealkylation sites (tertiary alicyclic amines) is 1. The van der Waals surface area contributed by atoms with Crippen LogP contribution < -0.4 is 16.4 Å². The number of nitrogens with zero attached hydrogens (tertiary/aromatic N) is 1. The first-order valence-electron chi connectivity index (χ1n) is 13.6. The number of nitrogens with two attached hydrogens (primary N) is 1. The third kappa shape index (κ3) is 7.62. The number of primary amides is 1. The monoisotopic (exact) mass is 584 g/mol. The zero-order valence-corrected chi connectivity index (χ0v) is 24.3. The van der Waals surface area contributed by atoms with E-state index in [4.69, 9.17) is 10.5 Å². The Bertz CT molecular complexity index is 1370. The van der Waals surface area contributed by atoms with Gasteiger partial charge in [-0.25, -0.2) is 18.8 Å². The molecule has 3 rings (SSSR count). The molecule has 0 radical (unpaired) electrons. The lowest BCUT2D eigenvalue weighted by molar-refractivity contribution is -0.164. The van der Waals surface area contributed by atoms with Crippen LogP contribution in [0.25, 0.3) is 0 Å². The van der Waals surface area contributed by atoms with Gasteiger partial charge in [-0.15, -0.1) is 0 Å². The molecule has 5 N–H and O–H groups in total. The van der Waals surface area contributed by atoms with Crippen molar-refractivity contribution in [3.63, 3.8) is 0 Å². The Hall–Kier alpha value is -4.48. The SMILES string of the molecule is CC(C)CNC(=O)C1CC(C(=O)OC(C)(C)C)N(C(=O)Cc2cccc(C(=O)O)c2NC(N)=O)C1c1ccccc1F. The average Bonchev–Trinajstić information content (AvgIpc) is 3.28. The van der Waals surface area contributed by atoms with Crippen molar-refractivity contribution in [1.82, 2.24) is 10.2 Å². The van der Waals surface area contributed by atoms with Crippen molar-refractivity contribution in [2.45, 2.75) is 65.1 Å². The number of hydrogen-bond donors (Lipinski definition) is 4. The minimum Gasteiger partial charge on any atom is -0.478 e. The van der Waals surface area contributed by atoms with Gasteiger partial charge in [0.1, 0.15) is 17.5 Å². The molecule has 0 aliphatic carbocycles. The number of carboxylic acid groups (broad SMARTS) is 1. The van der Waals surface area contributed by atoms with Crippen LogP contribution in [0.1, 0.15) is 68.6 Å². The molecule has 1 heterocycles. The van der Waals surface area contributed by atoms with Crippen LogP contribution in [0.4, 0.5) is 14.9 Å². The molecule has 1 aliphatic rings. The zero-order valence-electron chi connectivity index (χ0n) is 24.3. The smallest absolute Gasteiger partial charge is 0.337 e.